The van der Waals surface area contributed by atoms with Crippen LogP contribution in [-0.4, -0.2) is 28.9 Å². The van der Waals surface area contributed by atoms with Crippen LogP contribution in [0, 0.1) is 0 Å². The van der Waals surface area contributed by atoms with Crippen molar-refractivity contribution in [1.29, 1.82) is 0 Å². The molecule has 0 aliphatic carbocycles. The largest absolute Gasteiger partial charge is 0.478 e. The number of alkyl halides is 3. The molecule has 1 aliphatic rings. The van der Waals surface area contributed by atoms with Gasteiger partial charge < -0.3 is 5.11 Å². The minimum Gasteiger partial charge on any atom is -0.478 e. The molecule has 0 saturated carbocycles. The fourth-order valence-corrected chi connectivity index (χ4v) is 3.34. The predicted octanol–water partition coefficient (Wildman–Crippen LogP) is 4.28. The molecule has 0 bridgehead atoms. The lowest BCUT2D eigenvalue weighted by molar-refractivity contribution is -0.133. The molecule has 0 amide bonds. The average molecular weight is 323 g/mol. The number of rotatable bonds is 4. The van der Waals surface area contributed by atoms with Crippen molar-refractivity contribution in [2.45, 2.75) is 22.5 Å². The van der Waals surface area contributed by atoms with E-state index in [1.54, 1.807) is 6.07 Å². The van der Waals surface area contributed by atoms with Gasteiger partial charge in [-0.1, -0.05) is 11.6 Å². The molecule has 1 N–H and O–H groups in total. The number of halogens is 4. The van der Waals surface area contributed by atoms with E-state index >= 15 is 0 Å². The van der Waals surface area contributed by atoms with Gasteiger partial charge in [0, 0.05) is 16.3 Å². The Balaban J connectivity index is 2.47. The molecule has 2 rings (SSSR count). The SMILES string of the molecule is O=C(O)C1=Cc2cc(Cl)ccc2SC1C(F)(F)CCF. The van der Waals surface area contributed by atoms with E-state index in [2.05, 4.69) is 0 Å². The first-order valence-corrected chi connectivity index (χ1v) is 6.96. The van der Waals surface area contributed by atoms with Crippen molar-refractivity contribution < 1.29 is 23.1 Å². The number of carbonyl (C=O) groups is 1. The second kappa shape index (κ2) is 5.69. The molecule has 2 nitrogen and oxygen atoms in total. The first-order valence-electron chi connectivity index (χ1n) is 5.70. The van der Waals surface area contributed by atoms with Crippen LogP contribution in [-0.2, 0) is 4.79 Å². The van der Waals surface area contributed by atoms with Crippen LogP contribution in [0.25, 0.3) is 6.08 Å². The lowest BCUT2D eigenvalue weighted by atomic mass is 10.0. The Kier molecular flexibility index (Phi) is 4.34. The van der Waals surface area contributed by atoms with Crippen LogP contribution in [0.3, 0.4) is 0 Å². The Morgan fingerprint density at radius 1 is 1.45 bits per heavy atom. The number of carboxylic acid groups (broad SMARTS) is 1. The summed E-state index contributed by atoms with van der Waals surface area (Å²) in [5.41, 5.74) is 0.0374. The van der Waals surface area contributed by atoms with Gasteiger partial charge in [0.05, 0.1) is 12.2 Å². The first kappa shape index (κ1) is 15.3. The van der Waals surface area contributed by atoms with Gasteiger partial charge in [-0.05, 0) is 29.8 Å². The predicted molar refractivity (Wildman–Crippen MR) is 72.2 cm³/mol. The zero-order valence-corrected chi connectivity index (χ0v) is 11.6. The molecule has 0 spiro atoms. The summed E-state index contributed by atoms with van der Waals surface area (Å²) in [6.45, 7) is -1.20. The minimum atomic E-state index is -3.43. The quantitative estimate of drug-likeness (QED) is 0.899. The minimum absolute atomic E-state index is 0.388. The second-order valence-corrected chi connectivity index (χ2v) is 5.87. The summed E-state index contributed by atoms with van der Waals surface area (Å²) < 4.78 is 40.1. The summed E-state index contributed by atoms with van der Waals surface area (Å²) in [6, 6.07) is 4.60. The Bertz CT molecular complexity index is 575. The standard InChI is InChI=1S/C13H10ClF3O2S/c14-8-1-2-10-7(5-8)6-9(12(18)19)11(20-10)13(16,17)3-4-15/h1-2,5-6,11H,3-4H2,(H,18,19). The van der Waals surface area contributed by atoms with Crippen molar-refractivity contribution in [2.24, 2.45) is 0 Å². The molecule has 1 heterocycles. The van der Waals surface area contributed by atoms with E-state index in [1.165, 1.54) is 18.2 Å². The topological polar surface area (TPSA) is 37.3 Å². The number of fused-ring (bicyclic) bond motifs is 1. The van der Waals surface area contributed by atoms with E-state index in [9.17, 15) is 18.0 Å². The molecule has 1 atom stereocenters. The van der Waals surface area contributed by atoms with E-state index in [0.29, 0.717) is 15.5 Å². The van der Waals surface area contributed by atoms with Gasteiger partial charge in [0.1, 0.15) is 5.25 Å². The summed E-state index contributed by atoms with van der Waals surface area (Å²) in [7, 11) is 0. The molecular formula is C13H10ClF3O2S. The number of hydrogen-bond donors (Lipinski definition) is 1. The van der Waals surface area contributed by atoms with E-state index in [-0.39, 0.29) is 0 Å². The molecule has 1 aliphatic heterocycles. The van der Waals surface area contributed by atoms with Crippen LogP contribution in [0.1, 0.15) is 12.0 Å². The zero-order chi connectivity index (χ0) is 14.9. The molecular weight excluding hydrogens is 313 g/mol. The van der Waals surface area contributed by atoms with Crippen LogP contribution in [0.2, 0.25) is 5.02 Å². The van der Waals surface area contributed by atoms with Gasteiger partial charge in [0.2, 0.25) is 0 Å². The lowest BCUT2D eigenvalue weighted by Crippen LogP contribution is -2.36. The number of benzene rings is 1. The maximum Gasteiger partial charge on any atom is 0.332 e. The van der Waals surface area contributed by atoms with Gasteiger partial charge in [0.25, 0.3) is 5.92 Å². The van der Waals surface area contributed by atoms with E-state index in [4.69, 9.17) is 16.7 Å². The van der Waals surface area contributed by atoms with E-state index < -0.39 is 35.8 Å². The molecule has 0 saturated heterocycles. The fourth-order valence-electron chi connectivity index (χ4n) is 1.92. The number of hydrogen-bond acceptors (Lipinski definition) is 2. The van der Waals surface area contributed by atoms with Gasteiger partial charge in [0.15, 0.2) is 0 Å². The van der Waals surface area contributed by atoms with Crippen molar-refractivity contribution >= 4 is 35.4 Å². The smallest absolute Gasteiger partial charge is 0.332 e. The van der Waals surface area contributed by atoms with Gasteiger partial charge in [-0.3, -0.25) is 4.39 Å². The van der Waals surface area contributed by atoms with Crippen LogP contribution in [0.4, 0.5) is 13.2 Å². The molecule has 1 aromatic rings. The van der Waals surface area contributed by atoms with E-state index in [0.717, 1.165) is 11.8 Å². The van der Waals surface area contributed by atoms with Crippen LogP contribution in [0.5, 0.6) is 0 Å². The van der Waals surface area contributed by atoms with Gasteiger partial charge in [-0.2, -0.15) is 0 Å². The number of carboxylic acids is 1. The van der Waals surface area contributed by atoms with Crippen molar-refractivity contribution in [2.75, 3.05) is 6.67 Å². The highest BCUT2D eigenvalue weighted by Crippen LogP contribution is 2.46. The third-order valence-corrected chi connectivity index (χ3v) is 4.56. The third kappa shape index (κ3) is 2.96. The van der Waals surface area contributed by atoms with Crippen molar-refractivity contribution in [3.05, 3.63) is 34.4 Å². The highest BCUT2D eigenvalue weighted by atomic mass is 35.5. The maximum absolute atomic E-state index is 13.9. The highest BCUT2D eigenvalue weighted by Gasteiger charge is 2.45. The van der Waals surface area contributed by atoms with Gasteiger partial charge in [-0.15, -0.1) is 11.8 Å². The molecule has 0 aromatic heterocycles. The molecule has 7 heteroatoms. The number of aliphatic carboxylic acids is 1. The molecule has 108 valence electrons. The monoisotopic (exact) mass is 322 g/mol. The van der Waals surface area contributed by atoms with Gasteiger partial charge in [-0.25, -0.2) is 13.6 Å². The van der Waals surface area contributed by atoms with Crippen LogP contribution in [0.15, 0.2) is 28.7 Å². The first-order chi connectivity index (χ1) is 9.35. The highest BCUT2D eigenvalue weighted by molar-refractivity contribution is 8.00. The molecule has 0 radical (unpaired) electrons. The van der Waals surface area contributed by atoms with Crippen LogP contribution < -0.4 is 0 Å². The lowest BCUT2D eigenvalue weighted by Gasteiger charge is -2.29. The summed E-state index contributed by atoms with van der Waals surface area (Å²) in [5, 5.41) is 7.87. The van der Waals surface area contributed by atoms with Gasteiger partial charge >= 0.3 is 5.97 Å². The normalized spacial score (nSPS) is 18.4. The Morgan fingerprint density at radius 3 is 2.75 bits per heavy atom. The van der Waals surface area contributed by atoms with E-state index in [1.807, 2.05) is 0 Å². The van der Waals surface area contributed by atoms with Crippen molar-refractivity contribution in [3.8, 4) is 0 Å². The molecule has 1 aromatic carbocycles. The summed E-state index contributed by atoms with van der Waals surface area (Å²) in [6.07, 6.45) is 0.176. The third-order valence-electron chi connectivity index (χ3n) is 2.87. The Hall–Kier alpha value is -1.14. The van der Waals surface area contributed by atoms with Crippen LogP contribution >= 0.6 is 23.4 Å². The average Bonchev–Trinajstić information content (AvgIpc) is 2.36. The summed E-state index contributed by atoms with van der Waals surface area (Å²) >= 11 is 6.52. The zero-order valence-electron chi connectivity index (χ0n) is 10.1. The molecule has 1 unspecified atom stereocenters. The Morgan fingerprint density at radius 2 is 2.15 bits per heavy atom. The maximum atomic E-state index is 13.9. The van der Waals surface area contributed by atoms with Crippen molar-refractivity contribution in [3.63, 3.8) is 0 Å². The Labute approximate surface area is 122 Å². The summed E-state index contributed by atoms with van der Waals surface area (Å²) in [4.78, 5) is 11.7. The molecule has 20 heavy (non-hydrogen) atoms. The van der Waals surface area contributed by atoms with Crippen molar-refractivity contribution in [1.82, 2.24) is 0 Å². The fraction of sp³-hybridized carbons (Fsp3) is 0.308. The number of thioether (sulfide) groups is 1. The second-order valence-electron chi connectivity index (χ2n) is 4.28. The summed E-state index contributed by atoms with van der Waals surface area (Å²) in [5.74, 6) is -4.87. The molecule has 0 fully saturated rings.